The minimum absolute atomic E-state index is 0.331. The molecule has 30 heavy (non-hydrogen) atoms. The van der Waals surface area contributed by atoms with Crippen molar-refractivity contribution in [3.63, 3.8) is 0 Å². The van der Waals surface area contributed by atoms with Gasteiger partial charge in [-0.15, -0.1) is 0 Å². The lowest BCUT2D eigenvalue weighted by molar-refractivity contribution is 0.187. The third kappa shape index (κ3) is 3.98. The molecule has 2 aromatic carbocycles. The normalized spacial score (nSPS) is 12.0. The standard InChI is InChI=1S/C20H18BrN3O5S/c1-28-10-9-24-18-15-11-13(21)5-8-16(15)29-19(18)17(22-20(24)25)12-3-6-14(7-4-12)23-30(2,26)27/h3-8,11,23H,9-10H2,1-2H3. The first-order valence-electron chi connectivity index (χ1n) is 8.96. The van der Waals surface area contributed by atoms with Crippen molar-refractivity contribution in [1.82, 2.24) is 9.55 Å². The molecule has 0 radical (unpaired) electrons. The number of furan rings is 1. The Hall–Kier alpha value is -2.69. The van der Waals surface area contributed by atoms with E-state index in [1.54, 1.807) is 35.9 Å². The van der Waals surface area contributed by atoms with Crippen molar-refractivity contribution in [3.05, 3.63) is 57.4 Å². The number of halogens is 1. The predicted octanol–water partition coefficient (Wildman–Crippen LogP) is 3.59. The molecule has 0 aliphatic rings. The average Bonchev–Trinajstić information content (AvgIpc) is 3.05. The molecular formula is C20H18BrN3O5S. The molecule has 4 aromatic rings. The number of nitrogens with zero attached hydrogens (tertiary/aromatic N) is 2. The number of anilines is 1. The summed E-state index contributed by atoms with van der Waals surface area (Å²) in [5, 5.41) is 0.784. The highest BCUT2D eigenvalue weighted by atomic mass is 79.9. The number of benzene rings is 2. The minimum atomic E-state index is -3.39. The van der Waals surface area contributed by atoms with Crippen LogP contribution >= 0.6 is 15.9 Å². The zero-order valence-corrected chi connectivity index (χ0v) is 18.6. The van der Waals surface area contributed by atoms with Gasteiger partial charge in [-0.1, -0.05) is 28.1 Å². The Morgan fingerprint density at radius 1 is 1.20 bits per heavy atom. The van der Waals surface area contributed by atoms with Gasteiger partial charge in [-0.05, 0) is 30.3 Å². The number of aromatic nitrogens is 2. The lowest BCUT2D eigenvalue weighted by Gasteiger charge is -2.10. The molecule has 4 rings (SSSR count). The zero-order valence-electron chi connectivity index (χ0n) is 16.2. The van der Waals surface area contributed by atoms with Crippen LogP contribution in [0.5, 0.6) is 0 Å². The number of hydrogen-bond acceptors (Lipinski definition) is 6. The summed E-state index contributed by atoms with van der Waals surface area (Å²) in [5.41, 5.74) is 2.76. The average molecular weight is 492 g/mol. The summed E-state index contributed by atoms with van der Waals surface area (Å²) in [6.45, 7) is 0.681. The molecule has 0 atom stereocenters. The summed E-state index contributed by atoms with van der Waals surface area (Å²) in [4.78, 5) is 17.1. The van der Waals surface area contributed by atoms with E-state index in [0.29, 0.717) is 46.8 Å². The molecule has 0 aliphatic heterocycles. The smallest absolute Gasteiger partial charge is 0.348 e. The highest BCUT2D eigenvalue weighted by molar-refractivity contribution is 9.10. The summed E-state index contributed by atoms with van der Waals surface area (Å²) in [6, 6.07) is 12.2. The summed E-state index contributed by atoms with van der Waals surface area (Å²) in [7, 11) is -1.82. The van der Waals surface area contributed by atoms with Crippen LogP contribution < -0.4 is 10.4 Å². The van der Waals surface area contributed by atoms with Crippen LogP contribution in [0.2, 0.25) is 0 Å². The molecule has 8 nitrogen and oxygen atoms in total. The maximum Gasteiger partial charge on any atom is 0.348 e. The van der Waals surface area contributed by atoms with Gasteiger partial charge in [-0.2, -0.15) is 4.98 Å². The highest BCUT2D eigenvalue weighted by Gasteiger charge is 2.19. The van der Waals surface area contributed by atoms with Crippen LogP contribution in [0.15, 0.2) is 56.1 Å². The second kappa shape index (κ2) is 7.86. The summed E-state index contributed by atoms with van der Waals surface area (Å²) >= 11 is 3.47. The van der Waals surface area contributed by atoms with E-state index in [0.717, 1.165) is 16.1 Å². The molecule has 0 bridgehead atoms. The Balaban J connectivity index is 1.95. The van der Waals surface area contributed by atoms with Crippen molar-refractivity contribution >= 4 is 53.7 Å². The van der Waals surface area contributed by atoms with E-state index in [1.807, 2.05) is 18.2 Å². The first-order chi connectivity index (χ1) is 14.3. The van der Waals surface area contributed by atoms with Gasteiger partial charge in [0.1, 0.15) is 16.8 Å². The van der Waals surface area contributed by atoms with Gasteiger partial charge in [0.2, 0.25) is 10.0 Å². The topological polar surface area (TPSA) is 103 Å². The Bertz CT molecular complexity index is 1410. The predicted molar refractivity (Wildman–Crippen MR) is 119 cm³/mol. The van der Waals surface area contributed by atoms with Gasteiger partial charge in [0.15, 0.2) is 5.58 Å². The molecular weight excluding hydrogens is 474 g/mol. The molecule has 0 fully saturated rings. The van der Waals surface area contributed by atoms with Crippen LogP contribution in [0, 0.1) is 0 Å². The van der Waals surface area contributed by atoms with Crippen LogP contribution in [0.25, 0.3) is 33.3 Å². The SMILES string of the molecule is COCCn1c(=O)nc(-c2ccc(NS(C)(=O)=O)cc2)c2oc3ccc(Br)cc3c21. The fourth-order valence-corrected chi connectivity index (χ4v) is 4.21. The number of nitrogens with one attached hydrogen (secondary N) is 1. The van der Waals surface area contributed by atoms with Crippen LogP contribution in [0.1, 0.15) is 0 Å². The van der Waals surface area contributed by atoms with Crippen LogP contribution in [0.3, 0.4) is 0 Å². The lowest BCUT2D eigenvalue weighted by Crippen LogP contribution is -2.25. The number of ether oxygens (including phenoxy) is 1. The molecule has 0 aliphatic carbocycles. The van der Waals surface area contributed by atoms with Crippen LogP contribution in [-0.4, -0.2) is 37.9 Å². The van der Waals surface area contributed by atoms with E-state index in [-0.39, 0.29) is 0 Å². The van der Waals surface area contributed by atoms with Crippen molar-refractivity contribution in [2.75, 3.05) is 24.7 Å². The molecule has 2 heterocycles. The monoisotopic (exact) mass is 491 g/mol. The number of hydrogen-bond donors (Lipinski definition) is 1. The first-order valence-corrected chi connectivity index (χ1v) is 11.6. The molecule has 0 unspecified atom stereocenters. The Morgan fingerprint density at radius 3 is 2.60 bits per heavy atom. The number of sulfonamides is 1. The summed E-state index contributed by atoms with van der Waals surface area (Å²) in [5.74, 6) is 0. The first kappa shape index (κ1) is 20.6. The molecule has 10 heteroatoms. The third-order valence-electron chi connectivity index (χ3n) is 4.53. The van der Waals surface area contributed by atoms with Crippen molar-refractivity contribution in [3.8, 4) is 11.3 Å². The third-order valence-corrected chi connectivity index (χ3v) is 5.63. The summed E-state index contributed by atoms with van der Waals surface area (Å²) < 4.78 is 38.9. The van der Waals surface area contributed by atoms with Crippen molar-refractivity contribution in [1.29, 1.82) is 0 Å². The van der Waals surface area contributed by atoms with Gasteiger partial charge < -0.3 is 9.15 Å². The second-order valence-electron chi connectivity index (χ2n) is 6.76. The van der Waals surface area contributed by atoms with Gasteiger partial charge in [0, 0.05) is 28.2 Å². The molecule has 1 N–H and O–H groups in total. The number of fused-ring (bicyclic) bond motifs is 3. The fraction of sp³-hybridized carbons (Fsp3) is 0.200. The van der Waals surface area contributed by atoms with Crippen molar-refractivity contribution < 1.29 is 17.6 Å². The van der Waals surface area contributed by atoms with E-state index in [9.17, 15) is 13.2 Å². The van der Waals surface area contributed by atoms with E-state index < -0.39 is 15.7 Å². The van der Waals surface area contributed by atoms with Crippen molar-refractivity contribution in [2.24, 2.45) is 0 Å². The Labute approximate surface area is 180 Å². The maximum atomic E-state index is 12.9. The van der Waals surface area contributed by atoms with Gasteiger partial charge in [-0.25, -0.2) is 13.2 Å². The van der Waals surface area contributed by atoms with Gasteiger partial charge in [-0.3, -0.25) is 9.29 Å². The fourth-order valence-electron chi connectivity index (χ4n) is 3.28. The molecule has 2 aromatic heterocycles. The van der Waals surface area contributed by atoms with E-state index in [4.69, 9.17) is 9.15 Å². The van der Waals surface area contributed by atoms with E-state index >= 15 is 0 Å². The maximum absolute atomic E-state index is 12.9. The second-order valence-corrected chi connectivity index (χ2v) is 9.42. The lowest BCUT2D eigenvalue weighted by atomic mass is 10.1. The highest BCUT2D eigenvalue weighted by Crippen LogP contribution is 2.35. The Kier molecular flexibility index (Phi) is 5.39. The van der Waals surface area contributed by atoms with Crippen LogP contribution in [0.4, 0.5) is 5.69 Å². The van der Waals surface area contributed by atoms with Crippen molar-refractivity contribution in [2.45, 2.75) is 6.54 Å². The molecule has 0 saturated heterocycles. The van der Waals surface area contributed by atoms with Gasteiger partial charge >= 0.3 is 5.69 Å². The van der Waals surface area contributed by atoms with E-state index in [1.165, 1.54) is 0 Å². The van der Waals surface area contributed by atoms with E-state index in [2.05, 4.69) is 25.6 Å². The number of methoxy groups -OCH3 is 1. The van der Waals surface area contributed by atoms with Gasteiger partial charge in [0.25, 0.3) is 0 Å². The Morgan fingerprint density at radius 2 is 1.93 bits per heavy atom. The molecule has 0 spiro atoms. The molecule has 156 valence electrons. The molecule has 0 amide bonds. The number of rotatable bonds is 6. The quantitative estimate of drug-likeness (QED) is 0.441. The molecule has 0 saturated carbocycles. The minimum Gasteiger partial charge on any atom is -0.452 e. The van der Waals surface area contributed by atoms with Gasteiger partial charge in [0.05, 0.1) is 19.4 Å². The zero-order chi connectivity index (χ0) is 21.5. The summed E-state index contributed by atoms with van der Waals surface area (Å²) in [6.07, 6.45) is 1.08. The van der Waals surface area contributed by atoms with Crippen LogP contribution in [-0.2, 0) is 21.3 Å². The largest absolute Gasteiger partial charge is 0.452 e.